The first kappa shape index (κ1) is 22.2. The van der Waals surface area contributed by atoms with Crippen LogP contribution in [-0.4, -0.2) is 33.5 Å². The first-order valence-corrected chi connectivity index (χ1v) is 10.3. The number of ether oxygens (including phenoxy) is 1. The zero-order chi connectivity index (χ0) is 23.5. The van der Waals surface area contributed by atoms with Gasteiger partial charge in [0, 0.05) is 36.1 Å². The lowest BCUT2D eigenvalue weighted by Gasteiger charge is -2.23. The molecule has 8 nitrogen and oxygen atoms in total. The molecule has 0 atom stereocenters. The molecule has 4 aromatic rings. The summed E-state index contributed by atoms with van der Waals surface area (Å²) in [5.41, 5.74) is 2.09. The number of hydrogen-bond acceptors (Lipinski definition) is 5. The van der Waals surface area contributed by atoms with Gasteiger partial charge in [-0.05, 0) is 35.9 Å². The number of rotatable bonds is 6. The summed E-state index contributed by atoms with van der Waals surface area (Å²) in [5, 5.41) is 7.11. The molecule has 4 rings (SSSR count). The topological polar surface area (TPSA) is 88.8 Å². The molecule has 3 aromatic heterocycles. The highest BCUT2D eigenvalue weighted by molar-refractivity contribution is 6.31. The summed E-state index contributed by atoms with van der Waals surface area (Å²) >= 11 is 6.02. The van der Waals surface area contributed by atoms with Crippen molar-refractivity contribution in [3.8, 4) is 5.75 Å². The number of hydrogen-bond donors (Lipinski definition) is 1. The minimum atomic E-state index is -0.475. The lowest BCUT2D eigenvalue weighted by Crippen LogP contribution is -2.25. The Balaban J connectivity index is 1.62. The van der Waals surface area contributed by atoms with Gasteiger partial charge in [0.05, 0.1) is 25.4 Å². The molecule has 10 heteroatoms. The SMILES string of the molecule is COc1c(N(C(C)=O)c2cc(NC(=O)Cc3ccc(F)cc3Cl)ccn2)ccn2nccc12. The molecule has 0 aliphatic carbocycles. The maximum absolute atomic E-state index is 13.2. The van der Waals surface area contributed by atoms with E-state index in [0.29, 0.717) is 34.0 Å². The van der Waals surface area contributed by atoms with Crippen LogP contribution in [0.5, 0.6) is 5.75 Å². The van der Waals surface area contributed by atoms with Gasteiger partial charge >= 0.3 is 0 Å². The van der Waals surface area contributed by atoms with Crippen molar-refractivity contribution in [1.29, 1.82) is 0 Å². The molecule has 33 heavy (non-hydrogen) atoms. The van der Waals surface area contributed by atoms with E-state index in [9.17, 15) is 14.0 Å². The molecule has 0 spiro atoms. The fourth-order valence-corrected chi connectivity index (χ4v) is 3.70. The van der Waals surface area contributed by atoms with Crippen molar-refractivity contribution < 1.29 is 18.7 Å². The molecule has 0 saturated carbocycles. The molecule has 2 amide bonds. The first-order chi connectivity index (χ1) is 15.9. The van der Waals surface area contributed by atoms with Crippen LogP contribution >= 0.6 is 11.6 Å². The zero-order valence-electron chi connectivity index (χ0n) is 17.8. The monoisotopic (exact) mass is 467 g/mol. The molecule has 0 radical (unpaired) electrons. The van der Waals surface area contributed by atoms with Gasteiger partial charge in [0.1, 0.15) is 17.2 Å². The maximum Gasteiger partial charge on any atom is 0.229 e. The molecule has 0 aliphatic rings. The van der Waals surface area contributed by atoms with E-state index in [1.807, 2.05) is 0 Å². The second-order valence-corrected chi connectivity index (χ2v) is 7.52. The fraction of sp³-hybridized carbons (Fsp3) is 0.130. The summed E-state index contributed by atoms with van der Waals surface area (Å²) in [6.45, 7) is 1.41. The third kappa shape index (κ3) is 4.63. The molecule has 0 saturated heterocycles. The van der Waals surface area contributed by atoms with Gasteiger partial charge in [0.25, 0.3) is 0 Å². The first-order valence-electron chi connectivity index (χ1n) is 9.88. The standard InChI is InChI=1S/C23H19ClFN5O3/c1-14(31)30(20-7-10-29-19(6-9-27-29)23(20)33-2)21-13-17(5-8-26-21)28-22(32)11-15-3-4-16(25)12-18(15)24/h3-10,12-13H,11H2,1-2H3,(H,26,28,32). The van der Waals surface area contributed by atoms with Crippen molar-refractivity contribution in [3.63, 3.8) is 0 Å². The Bertz CT molecular complexity index is 1360. The Labute approximate surface area is 193 Å². The average molecular weight is 468 g/mol. The Morgan fingerprint density at radius 2 is 2.00 bits per heavy atom. The van der Waals surface area contributed by atoms with Gasteiger partial charge in [-0.2, -0.15) is 5.10 Å². The van der Waals surface area contributed by atoms with E-state index >= 15 is 0 Å². The number of amides is 2. The van der Waals surface area contributed by atoms with Crippen LogP contribution in [0.1, 0.15) is 12.5 Å². The van der Waals surface area contributed by atoms with Crippen molar-refractivity contribution in [2.75, 3.05) is 17.3 Å². The number of anilines is 3. The van der Waals surface area contributed by atoms with Crippen LogP contribution in [0.2, 0.25) is 5.02 Å². The number of nitrogens with zero attached hydrogens (tertiary/aromatic N) is 4. The van der Waals surface area contributed by atoms with Gasteiger partial charge in [0.2, 0.25) is 11.8 Å². The zero-order valence-corrected chi connectivity index (χ0v) is 18.5. The van der Waals surface area contributed by atoms with Gasteiger partial charge < -0.3 is 10.1 Å². The predicted octanol–water partition coefficient (Wildman–Crippen LogP) is 4.40. The second kappa shape index (κ2) is 9.25. The molecule has 0 aliphatic heterocycles. The second-order valence-electron chi connectivity index (χ2n) is 7.11. The number of benzene rings is 1. The molecule has 1 aromatic carbocycles. The van der Waals surface area contributed by atoms with Crippen LogP contribution in [0.3, 0.4) is 0 Å². The van der Waals surface area contributed by atoms with Crippen LogP contribution < -0.4 is 15.0 Å². The summed E-state index contributed by atoms with van der Waals surface area (Å²) < 4.78 is 20.4. The van der Waals surface area contributed by atoms with Crippen molar-refractivity contribution in [2.45, 2.75) is 13.3 Å². The molecule has 0 bridgehead atoms. The van der Waals surface area contributed by atoms with Gasteiger partial charge in [0.15, 0.2) is 5.75 Å². The number of pyridine rings is 2. The van der Waals surface area contributed by atoms with E-state index in [0.717, 1.165) is 6.07 Å². The smallest absolute Gasteiger partial charge is 0.229 e. The predicted molar refractivity (Wildman–Crippen MR) is 123 cm³/mol. The number of halogens is 2. The third-order valence-corrected chi connectivity index (χ3v) is 5.25. The van der Waals surface area contributed by atoms with Crippen LogP contribution in [0, 0.1) is 5.82 Å². The quantitative estimate of drug-likeness (QED) is 0.454. The van der Waals surface area contributed by atoms with E-state index in [-0.39, 0.29) is 23.3 Å². The Morgan fingerprint density at radius 3 is 2.73 bits per heavy atom. The summed E-state index contributed by atoms with van der Waals surface area (Å²) in [7, 11) is 1.51. The largest absolute Gasteiger partial charge is 0.492 e. The fourth-order valence-electron chi connectivity index (χ4n) is 3.46. The number of fused-ring (bicyclic) bond motifs is 1. The van der Waals surface area contributed by atoms with Gasteiger partial charge in [-0.25, -0.2) is 13.9 Å². The summed E-state index contributed by atoms with van der Waals surface area (Å²) in [6, 6.07) is 10.5. The summed E-state index contributed by atoms with van der Waals surface area (Å²) in [4.78, 5) is 30.8. The van der Waals surface area contributed by atoms with E-state index < -0.39 is 5.82 Å². The third-order valence-electron chi connectivity index (χ3n) is 4.89. The van der Waals surface area contributed by atoms with Gasteiger partial charge in [-0.15, -0.1) is 0 Å². The number of carbonyl (C=O) groups is 2. The van der Waals surface area contributed by atoms with E-state index in [1.165, 1.54) is 37.3 Å². The molecule has 168 valence electrons. The van der Waals surface area contributed by atoms with Crippen LogP contribution in [0.15, 0.2) is 61.1 Å². The number of aromatic nitrogens is 3. The van der Waals surface area contributed by atoms with E-state index in [2.05, 4.69) is 15.4 Å². The van der Waals surface area contributed by atoms with Gasteiger partial charge in [-0.3, -0.25) is 14.5 Å². The molecule has 1 N–H and O–H groups in total. The van der Waals surface area contributed by atoms with E-state index in [1.54, 1.807) is 41.2 Å². The Morgan fingerprint density at radius 1 is 1.18 bits per heavy atom. The molecule has 3 heterocycles. The highest BCUT2D eigenvalue weighted by Gasteiger charge is 2.22. The lowest BCUT2D eigenvalue weighted by molar-refractivity contribution is -0.116. The average Bonchev–Trinajstić information content (AvgIpc) is 3.25. The van der Waals surface area contributed by atoms with Crippen LogP contribution in [0.4, 0.5) is 21.6 Å². The van der Waals surface area contributed by atoms with Crippen LogP contribution in [0.25, 0.3) is 5.52 Å². The number of nitrogens with one attached hydrogen (secondary N) is 1. The summed E-state index contributed by atoms with van der Waals surface area (Å²) in [5.74, 6) is -0.383. The highest BCUT2D eigenvalue weighted by Crippen LogP contribution is 2.36. The Kier molecular flexibility index (Phi) is 6.23. The number of methoxy groups -OCH3 is 1. The Hall–Kier alpha value is -3.98. The molecule has 0 unspecified atom stereocenters. The minimum Gasteiger partial charge on any atom is -0.492 e. The molecular weight excluding hydrogens is 449 g/mol. The molecule has 0 fully saturated rings. The molecular formula is C23H19ClFN5O3. The van der Waals surface area contributed by atoms with Crippen molar-refractivity contribution in [1.82, 2.24) is 14.6 Å². The van der Waals surface area contributed by atoms with Gasteiger partial charge in [-0.1, -0.05) is 17.7 Å². The van der Waals surface area contributed by atoms with Crippen molar-refractivity contribution >= 4 is 46.1 Å². The van der Waals surface area contributed by atoms with E-state index in [4.69, 9.17) is 16.3 Å². The normalized spacial score (nSPS) is 10.8. The minimum absolute atomic E-state index is 0.0428. The number of carbonyl (C=O) groups excluding carboxylic acids is 2. The van der Waals surface area contributed by atoms with Crippen LogP contribution in [-0.2, 0) is 16.0 Å². The van der Waals surface area contributed by atoms with Crippen molar-refractivity contribution in [3.05, 3.63) is 77.5 Å². The highest BCUT2D eigenvalue weighted by atomic mass is 35.5. The van der Waals surface area contributed by atoms with Crippen molar-refractivity contribution in [2.24, 2.45) is 0 Å². The summed E-state index contributed by atoms with van der Waals surface area (Å²) in [6.07, 6.45) is 4.77. The lowest BCUT2D eigenvalue weighted by atomic mass is 10.1. The maximum atomic E-state index is 13.2.